The zero-order valence-electron chi connectivity index (χ0n) is 18.1. The van der Waals surface area contributed by atoms with Crippen molar-refractivity contribution < 1.29 is 13.2 Å². The summed E-state index contributed by atoms with van der Waals surface area (Å²) in [5.74, 6) is 0.613. The van der Waals surface area contributed by atoms with Gasteiger partial charge in [0.15, 0.2) is 0 Å². The number of benzene rings is 1. The average Bonchev–Trinajstić information content (AvgIpc) is 3.15. The van der Waals surface area contributed by atoms with Gasteiger partial charge in [0.1, 0.15) is 5.82 Å². The lowest BCUT2D eigenvalue weighted by molar-refractivity contribution is 0.0445. The highest BCUT2D eigenvalue weighted by Crippen LogP contribution is 2.40. The van der Waals surface area contributed by atoms with Crippen molar-refractivity contribution >= 4 is 16.7 Å². The summed E-state index contributed by atoms with van der Waals surface area (Å²) >= 11 is 0. The molecule has 172 valence electrons. The number of nitrogens with zero attached hydrogens (tertiary/aromatic N) is 3. The lowest BCUT2D eigenvalue weighted by Crippen LogP contribution is -2.45. The fraction of sp³-hybridized carbons (Fsp3) is 0.478. The molecule has 6 nitrogen and oxygen atoms in total. The largest absolute Gasteiger partial charge is 0.368 e. The van der Waals surface area contributed by atoms with Gasteiger partial charge >= 0.3 is 0 Å². The number of anilines is 1. The number of fused-ring (bicyclic) bond motifs is 3. The second-order valence-corrected chi connectivity index (χ2v) is 8.15. The third-order valence-corrected chi connectivity index (χ3v) is 5.91. The first-order chi connectivity index (χ1) is 15.6. The van der Waals surface area contributed by atoms with Gasteiger partial charge < -0.3 is 15.6 Å². The van der Waals surface area contributed by atoms with Gasteiger partial charge in [-0.25, -0.2) is 13.8 Å². The molecule has 0 saturated carbocycles. The van der Waals surface area contributed by atoms with Gasteiger partial charge in [-0.05, 0) is 37.9 Å². The molecule has 0 aliphatic carbocycles. The minimum atomic E-state index is -2.44. The zero-order valence-corrected chi connectivity index (χ0v) is 18.1. The van der Waals surface area contributed by atoms with Crippen LogP contribution in [0.1, 0.15) is 36.3 Å². The van der Waals surface area contributed by atoms with Crippen molar-refractivity contribution in [1.82, 2.24) is 25.2 Å². The van der Waals surface area contributed by atoms with E-state index in [0.29, 0.717) is 44.0 Å². The first-order valence-corrected chi connectivity index (χ1v) is 11.0. The minimum Gasteiger partial charge on any atom is -0.368 e. The molecule has 1 aliphatic rings. The van der Waals surface area contributed by atoms with Gasteiger partial charge in [-0.2, -0.15) is 0 Å². The molecule has 0 spiro atoms. The molecule has 32 heavy (non-hydrogen) atoms. The molecule has 3 N–H and O–H groups in total. The molecular weight excluding hydrogens is 417 g/mol. The molecule has 2 atom stereocenters. The van der Waals surface area contributed by atoms with E-state index in [4.69, 9.17) is 0 Å². The van der Waals surface area contributed by atoms with E-state index >= 15 is 0 Å². The molecule has 3 heterocycles. The Bertz CT molecular complexity index is 1010. The molecular formula is C23H29F3N6. The Labute approximate surface area is 185 Å². The van der Waals surface area contributed by atoms with E-state index in [-0.39, 0.29) is 19.3 Å². The Kier molecular flexibility index (Phi) is 7.26. The number of alkyl halides is 3. The summed E-state index contributed by atoms with van der Waals surface area (Å²) in [5, 5.41) is 7.44. The Morgan fingerprint density at radius 1 is 1.16 bits per heavy atom. The number of hydrogen-bond acceptors (Lipinski definition) is 5. The fourth-order valence-electron chi connectivity index (χ4n) is 4.44. The van der Waals surface area contributed by atoms with Crippen LogP contribution in [0.25, 0.3) is 10.9 Å². The summed E-state index contributed by atoms with van der Waals surface area (Å²) < 4.78 is 39.0. The van der Waals surface area contributed by atoms with Crippen LogP contribution in [0.2, 0.25) is 0 Å². The predicted octanol–water partition coefficient (Wildman–Crippen LogP) is 3.92. The van der Waals surface area contributed by atoms with Gasteiger partial charge in [0, 0.05) is 35.7 Å². The number of nitrogens with one attached hydrogen (secondary N) is 3. The van der Waals surface area contributed by atoms with Crippen LogP contribution >= 0.6 is 0 Å². The number of H-pyrrole nitrogens is 1. The molecule has 4 rings (SSSR count). The van der Waals surface area contributed by atoms with Crippen LogP contribution in [-0.2, 0) is 6.42 Å². The van der Waals surface area contributed by atoms with Gasteiger partial charge in [0.25, 0.3) is 6.43 Å². The molecule has 2 aromatic heterocycles. The molecule has 0 amide bonds. The highest BCUT2D eigenvalue weighted by Gasteiger charge is 2.37. The molecule has 0 bridgehead atoms. The standard InChI is InChI=1S/C23H29F3N6/c1-15-11-17-16-5-2-3-6-18(16)31-22(17)23(32(15)14-20(25)26)19-12-30-21(13-29-19)28-10-9-27-8-4-7-24/h2-3,5-6,12-13,15,20,23,27,31H,4,7-11,14H2,1H3,(H,28,30)/t15-,23?/m1/s1. The number of hydrogen-bond donors (Lipinski definition) is 3. The summed E-state index contributed by atoms with van der Waals surface area (Å²) in [6.45, 7) is 3.28. The lowest BCUT2D eigenvalue weighted by Gasteiger charge is -2.40. The topological polar surface area (TPSA) is 68.9 Å². The Morgan fingerprint density at radius 3 is 2.75 bits per heavy atom. The number of para-hydroxylation sites is 1. The maximum Gasteiger partial charge on any atom is 0.251 e. The smallest absolute Gasteiger partial charge is 0.251 e. The lowest BCUT2D eigenvalue weighted by atomic mass is 9.91. The van der Waals surface area contributed by atoms with Crippen LogP contribution in [0.4, 0.5) is 19.0 Å². The molecule has 9 heteroatoms. The van der Waals surface area contributed by atoms with Crippen LogP contribution in [0.3, 0.4) is 0 Å². The molecule has 1 aromatic carbocycles. The van der Waals surface area contributed by atoms with E-state index in [1.807, 2.05) is 30.0 Å². The number of rotatable bonds is 10. The summed E-state index contributed by atoms with van der Waals surface area (Å²) in [6.07, 6.45) is 2.06. The predicted molar refractivity (Wildman–Crippen MR) is 120 cm³/mol. The molecule has 0 fully saturated rings. The van der Waals surface area contributed by atoms with Crippen LogP contribution in [0, 0.1) is 0 Å². The third-order valence-electron chi connectivity index (χ3n) is 5.91. The SMILES string of the molecule is C[C@@H]1Cc2c([nH]c3ccccc23)C(c2cnc(NCCNCCCF)cn2)N1CC(F)F. The summed E-state index contributed by atoms with van der Waals surface area (Å²) in [4.78, 5) is 14.3. The van der Waals surface area contributed by atoms with Crippen molar-refractivity contribution in [1.29, 1.82) is 0 Å². The first kappa shape index (κ1) is 22.5. The van der Waals surface area contributed by atoms with E-state index < -0.39 is 12.5 Å². The van der Waals surface area contributed by atoms with Gasteiger partial charge in [-0.15, -0.1) is 0 Å². The quantitative estimate of drug-likeness (QED) is 0.412. The van der Waals surface area contributed by atoms with Crippen molar-refractivity contribution in [3.8, 4) is 0 Å². The van der Waals surface area contributed by atoms with Crippen molar-refractivity contribution in [3.05, 3.63) is 53.6 Å². The first-order valence-electron chi connectivity index (χ1n) is 11.0. The van der Waals surface area contributed by atoms with Crippen LogP contribution in [0.5, 0.6) is 0 Å². The van der Waals surface area contributed by atoms with E-state index in [9.17, 15) is 13.2 Å². The number of aromatic nitrogens is 3. The van der Waals surface area contributed by atoms with Crippen molar-refractivity contribution in [2.75, 3.05) is 38.2 Å². The monoisotopic (exact) mass is 446 g/mol. The molecule has 3 aromatic rings. The minimum absolute atomic E-state index is 0.0595. The Balaban J connectivity index is 1.57. The second-order valence-electron chi connectivity index (χ2n) is 8.15. The van der Waals surface area contributed by atoms with E-state index in [0.717, 1.165) is 22.2 Å². The van der Waals surface area contributed by atoms with Gasteiger partial charge in [-0.1, -0.05) is 18.2 Å². The highest BCUT2D eigenvalue weighted by molar-refractivity contribution is 5.85. The van der Waals surface area contributed by atoms with Crippen molar-refractivity contribution in [3.63, 3.8) is 0 Å². The maximum atomic E-state index is 13.5. The van der Waals surface area contributed by atoms with Crippen molar-refractivity contribution in [2.24, 2.45) is 0 Å². The summed E-state index contributed by atoms with van der Waals surface area (Å²) in [7, 11) is 0. The van der Waals surface area contributed by atoms with E-state index in [1.165, 1.54) is 0 Å². The van der Waals surface area contributed by atoms with Gasteiger partial charge in [0.2, 0.25) is 0 Å². The third kappa shape index (κ3) is 4.88. The van der Waals surface area contributed by atoms with Crippen LogP contribution in [-0.4, -0.2) is 65.2 Å². The fourth-order valence-corrected chi connectivity index (χ4v) is 4.44. The summed E-state index contributed by atoms with van der Waals surface area (Å²) in [5.41, 5.74) is 3.71. The maximum absolute atomic E-state index is 13.5. The van der Waals surface area contributed by atoms with E-state index in [1.54, 1.807) is 12.4 Å². The molecule has 0 radical (unpaired) electrons. The Hall–Kier alpha value is -2.65. The average molecular weight is 447 g/mol. The molecule has 1 aliphatic heterocycles. The molecule has 0 saturated heterocycles. The summed E-state index contributed by atoms with van der Waals surface area (Å²) in [6, 6.07) is 7.56. The van der Waals surface area contributed by atoms with Gasteiger partial charge in [-0.3, -0.25) is 14.3 Å². The van der Waals surface area contributed by atoms with Crippen molar-refractivity contribution in [2.45, 2.75) is 38.3 Å². The number of aromatic amines is 1. The van der Waals surface area contributed by atoms with E-state index in [2.05, 4.69) is 31.7 Å². The van der Waals surface area contributed by atoms with Crippen LogP contribution < -0.4 is 10.6 Å². The van der Waals surface area contributed by atoms with Crippen LogP contribution in [0.15, 0.2) is 36.7 Å². The molecule has 1 unspecified atom stereocenters. The normalized spacial score (nSPS) is 18.9. The highest BCUT2D eigenvalue weighted by atomic mass is 19.3. The number of halogens is 3. The van der Waals surface area contributed by atoms with Gasteiger partial charge in [0.05, 0.1) is 37.3 Å². The second kappa shape index (κ2) is 10.3. The zero-order chi connectivity index (χ0) is 22.5. The Morgan fingerprint density at radius 2 is 2.00 bits per heavy atom.